The van der Waals surface area contributed by atoms with Gasteiger partial charge in [0.25, 0.3) is 5.56 Å². The number of hydrogen-bond donors (Lipinski definition) is 0. The summed E-state index contributed by atoms with van der Waals surface area (Å²) in [5, 5.41) is 0.963. The van der Waals surface area contributed by atoms with Crippen LogP contribution in [0.5, 0.6) is 0 Å². The van der Waals surface area contributed by atoms with Gasteiger partial charge >= 0.3 is 0 Å². The van der Waals surface area contributed by atoms with Crippen molar-refractivity contribution in [2.24, 2.45) is 0 Å². The van der Waals surface area contributed by atoms with Crippen LogP contribution in [0.15, 0.2) is 78.2 Å². The van der Waals surface area contributed by atoms with Gasteiger partial charge in [0, 0.05) is 35.7 Å². The summed E-state index contributed by atoms with van der Waals surface area (Å²) in [6.45, 7) is 0. The summed E-state index contributed by atoms with van der Waals surface area (Å²) in [5.74, 6) is 0. The Morgan fingerprint density at radius 2 is 1.67 bits per heavy atom. The van der Waals surface area contributed by atoms with Gasteiger partial charge in [0.1, 0.15) is 5.65 Å². The number of rotatable bonds is 6. The van der Waals surface area contributed by atoms with Crippen LogP contribution in [0.4, 0.5) is 0 Å². The van der Waals surface area contributed by atoms with Crippen LogP contribution >= 0.6 is 0 Å². The van der Waals surface area contributed by atoms with Gasteiger partial charge in [-0.25, -0.2) is 4.98 Å². The molecule has 0 radical (unpaired) electrons. The van der Waals surface area contributed by atoms with E-state index < -0.39 is 0 Å². The maximum Gasteiger partial charge on any atom is 0.260 e. The molecule has 0 spiro atoms. The van der Waals surface area contributed by atoms with Gasteiger partial charge in [0.15, 0.2) is 0 Å². The van der Waals surface area contributed by atoms with E-state index in [2.05, 4.69) is 15.0 Å². The van der Waals surface area contributed by atoms with Crippen LogP contribution < -0.4 is 5.56 Å². The van der Waals surface area contributed by atoms with Crippen molar-refractivity contribution in [1.82, 2.24) is 19.5 Å². The average Bonchev–Trinajstić information content (AvgIpc) is 2.73. The third-order valence-corrected chi connectivity index (χ3v) is 4.65. The van der Waals surface area contributed by atoms with E-state index in [1.165, 1.54) is 5.56 Å². The Kier molecular flexibility index (Phi) is 5.01. The van der Waals surface area contributed by atoms with Crippen molar-refractivity contribution in [2.45, 2.75) is 25.7 Å². The largest absolute Gasteiger partial charge is 0.269 e. The summed E-state index contributed by atoms with van der Waals surface area (Å²) in [5.41, 5.74) is 3.48. The molecule has 0 saturated heterocycles. The molecule has 134 valence electrons. The fourth-order valence-corrected chi connectivity index (χ4v) is 3.30. The number of aryl methyl sites for hydroxylation is 2. The molecule has 4 aromatic heterocycles. The standard InChI is InChI=1S/C22H20N4O/c27-22-19(6-2-1-5-17-9-13-23-14-10-17)15-18-7-3-12-25-21(18)26(22)20-8-4-11-24-16-20/h3-4,7-16H,1-2,5-6H2. The maximum absolute atomic E-state index is 13.1. The highest BCUT2D eigenvalue weighted by atomic mass is 16.1. The van der Waals surface area contributed by atoms with Crippen LogP contribution in [0.25, 0.3) is 16.7 Å². The second-order valence-electron chi connectivity index (χ2n) is 6.50. The third kappa shape index (κ3) is 3.77. The Hall–Kier alpha value is -3.34. The predicted octanol–water partition coefficient (Wildman–Crippen LogP) is 3.74. The van der Waals surface area contributed by atoms with E-state index in [0.717, 1.165) is 42.3 Å². The first-order valence-electron chi connectivity index (χ1n) is 9.12. The summed E-state index contributed by atoms with van der Waals surface area (Å²) in [7, 11) is 0. The molecule has 0 aliphatic rings. The number of nitrogens with zero attached hydrogens (tertiary/aromatic N) is 4. The van der Waals surface area contributed by atoms with Gasteiger partial charge in [-0.1, -0.05) is 0 Å². The van der Waals surface area contributed by atoms with E-state index in [9.17, 15) is 4.79 Å². The molecule has 0 bridgehead atoms. The minimum atomic E-state index is -0.0156. The molecule has 5 nitrogen and oxygen atoms in total. The van der Waals surface area contributed by atoms with Gasteiger partial charge in [0.05, 0.1) is 11.9 Å². The maximum atomic E-state index is 13.1. The van der Waals surface area contributed by atoms with E-state index >= 15 is 0 Å². The van der Waals surface area contributed by atoms with Crippen molar-refractivity contribution in [3.8, 4) is 5.69 Å². The molecule has 5 heteroatoms. The lowest BCUT2D eigenvalue weighted by atomic mass is 10.0. The highest BCUT2D eigenvalue weighted by Crippen LogP contribution is 2.16. The molecule has 27 heavy (non-hydrogen) atoms. The summed E-state index contributed by atoms with van der Waals surface area (Å²) >= 11 is 0. The lowest BCUT2D eigenvalue weighted by molar-refractivity contribution is 0.726. The molecule has 0 atom stereocenters. The van der Waals surface area contributed by atoms with E-state index in [1.807, 2.05) is 54.9 Å². The first kappa shape index (κ1) is 17.1. The Bertz CT molecular complexity index is 1090. The molecule has 0 aliphatic carbocycles. The normalized spacial score (nSPS) is 11.0. The molecule has 0 saturated carbocycles. The first-order valence-corrected chi connectivity index (χ1v) is 9.12. The second-order valence-corrected chi connectivity index (χ2v) is 6.50. The molecular formula is C22H20N4O. The Morgan fingerprint density at radius 3 is 2.48 bits per heavy atom. The predicted molar refractivity (Wildman–Crippen MR) is 106 cm³/mol. The van der Waals surface area contributed by atoms with Crippen molar-refractivity contribution in [3.05, 3.63) is 94.9 Å². The van der Waals surface area contributed by atoms with Crippen LogP contribution in [0, 0.1) is 0 Å². The lowest BCUT2D eigenvalue weighted by Gasteiger charge is -2.12. The molecule has 0 aromatic carbocycles. The fraction of sp³-hybridized carbons (Fsp3) is 0.182. The monoisotopic (exact) mass is 356 g/mol. The van der Waals surface area contributed by atoms with Crippen molar-refractivity contribution >= 4 is 11.0 Å². The number of fused-ring (bicyclic) bond motifs is 1. The summed E-state index contributed by atoms with van der Waals surface area (Å²) in [6, 6.07) is 13.7. The van der Waals surface area contributed by atoms with Crippen LogP contribution in [0.2, 0.25) is 0 Å². The smallest absolute Gasteiger partial charge is 0.260 e. The second kappa shape index (κ2) is 7.91. The van der Waals surface area contributed by atoms with Crippen LogP contribution in [0.3, 0.4) is 0 Å². The molecule has 4 rings (SSSR count). The molecule has 0 aliphatic heterocycles. The minimum absolute atomic E-state index is 0.0156. The van der Waals surface area contributed by atoms with Gasteiger partial charge in [-0.15, -0.1) is 0 Å². The zero-order chi connectivity index (χ0) is 18.5. The van der Waals surface area contributed by atoms with Crippen LogP contribution in [0.1, 0.15) is 24.0 Å². The summed E-state index contributed by atoms with van der Waals surface area (Å²) in [6.07, 6.45) is 12.5. The quantitative estimate of drug-likeness (QED) is 0.494. The number of aromatic nitrogens is 4. The Balaban J connectivity index is 1.61. The number of hydrogen-bond acceptors (Lipinski definition) is 4. The van der Waals surface area contributed by atoms with Gasteiger partial charge in [-0.2, -0.15) is 0 Å². The SMILES string of the molecule is O=c1c(CCCCc2ccncc2)cc2cccnc2n1-c1cccnc1. The highest BCUT2D eigenvalue weighted by Gasteiger charge is 2.11. The van der Waals surface area contributed by atoms with E-state index in [-0.39, 0.29) is 5.56 Å². The number of unbranched alkanes of at least 4 members (excludes halogenated alkanes) is 1. The van der Waals surface area contributed by atoms with Gasteiger partial charge in [-0.3, -0.25) is 19.3 Å². The van der Waals surface area contributed by atoms with Crippen molar-refractivity contribution < 1.29 is 0 Å². The van der Waals surface area contributed by atoms with Crippen LogP contribution in [-0.4, -0.2) is 19.5 Å². The summed E-state index contributed by atoms with van der Waals surface area (Å²) in [4.78, 5) is 25.8. The van der Waals surface area contributed by atoms with E-state index in [1.54, 1.807) is 23.2 Å². The molecule has 0 unspecified atom stereocenters. The minimum Gasteiger partial charge on any atom is -0.269 e. The zero-order valence-electron chi connectivity index (χ0n) is 15.0. The molecule has 0 amide bonds. The topological polar surface area (TPSA) is 60.7 Å². The third-order valence-electron chi connectivity index (χ3n) is 4.65. The van der Waals surface area contributed by atoms with E-state index in [4.69, 9.17) is 0 Å². The van der Waals surface area contributed by atoms with Crippen molar-refractivity contribution in [3.63, 3.8) is 0 Å². The average molecular weight is 356 g/mol. The van der Waals surface area contributed by atoms with Gasteiger partial charge in [-0.05, 0) is 73.7 Å². The molecule has 0 N–H and O–H groups in total. The molecule has 4 heterocycles. The van der Waals surface area contributed by atoms with Gasteiger partial charge < -0.3 is 0 Å². The summed E-state index contributed by atoms with van der Waals surface area (Å²) < 4.78 is 1.67. The Labute approximate surface area is 157 Å². The van der Waals surface area contributed by atoms with Crippen molar-refractivity contribution in [1.29, 1.82) is 0 Å². The Morgan fingerprint density at radius 1 is 0.852 bits per heavy atom. The number of pyridine rings is 4. The van der Waals surface area contributed by atoms with Crippen molar-refractivity contribution in [2.75, 3.05) is 0 Å². The fourth-order valence-electron chi connectivity index (χ4n) is 3.30. The molecular weight excluding hydrogens is 336 g/mol. The van der Waals surface area contributed by atoms with Gasteiger partial charge in [0.2, 0.25) is 0 Å². The molecule has 0 fully saturated rings. The first-order chi connectivity index (χ1) is 13.3. The zero-order valence-corrected chi connectivity index (χ0v) is 15.0. The molecule has 4 aromatic rings. The van der Waals surface area contributed by atoms with Crippen LogP contribution in [-0.2, 0) is 12.8 Å². The highest BCUT2D eigenvalue weighted by molar-refractivity contribution is 5.77. The van der Waals surface area contributed by atoms with E-state index in [0.29, 0.717) is 5.65 Å². The lowest BCUT2D eigenvalue weighted by Crippen LogP contribution is -2.23.